The number of allylic oxidation sites excluding steroid dienone is 1. The molecular weight excluding hydrogens is 883 g/mol. The molecule has 0 radical (unpaired) electrons. The molecule has 4 aliphatic rings. The van der Waals surface area contributed by atoms with Crippen molar-refractivity contribution in [3.8, 4) is 50.3 Å². The maximum atomic E-state index is 7.37. The van der Waals surface area contributed by atoms with Crippen LogP contribution < -0.4 is 9.64 Å². The van der Waals surface area contributed by atoms with Crippen LogP contribution in [0, 0.1) is 0 Å². The van der Waals surface area contributed by atoms with Crippen molar-refractivity contribution in [3.05, 3.63) is 311 Å². The average molecular weight is 930 g/mol. The molecular formula is C71H47NO. The van der Waals surface area contributed by atoms with Crippen molar-refractivity contribution >= 4 is 39.7 Å². The fourth-order valence-corrected chi connectivity index (χ4v) is 13.7. The quantitative estimate of drug-likeness (QED) is 0.165. The maximum Gasteiger partial charge on any atom is 0.140 e. The zero-order chi connectivity index (χ0) is 48.4. The van der Waals surface area contributed by atoms with Crippen LogP contribution in [0.5, 0.6) is 5.75 Å². The molecule has 11 aromatic rings. The predicted molar refractivity (Wildman–Crippen MR) is 302 cm³/mol. The monoisotopic (exact) mass is 929 g/mol. The number of fused-ring (bicyclic) bond motifs is 19. The summed E-state index contributed by atoms with van der Waals surface area (Å²) in [5, 5.41) is 2.23. The fourth-order valence-electron chi connectivity index (χ4n) is 13.7. The van der Waals surface area contributed by atoms with E-state index in [1.165, 1.54) is 66.8 Å². The Hall–Kier alpha value is -9.24. The molecule has 73 heavy (non-hydrogen) atoms. The van der Waals surface area contributed by atoms with Crippen molar-refractivity contribution in [2.24, 2.45) is 0 Å². The summed E-state index contributed by atoms with van der Waals surface area (Å²) >= 11 is 0. The lowest BCUT2D eigenvalue weighted by Gasteiger charge is -2.41. The predicted octanol–water partition coefficient (Wildman–Crippen LogP) is 18.1. The highest BCUT2D eigenvalue weighted by atomic mass is 16.5. The summed E-state index contributed by atoms with van der Waals surface area (Å²) < 4.78 is 7.37. The molecule has 1 heterocycles. The second-order valence-corrected chi connectivity index (χ2v) is 19.8. The zero-order valence-electron chi connectivity index (χ0n) is 40.3. The Morgan fingerprint density at radius 3 is 1.63 bits per heavy atom. The molecule has 15 rings (SSSR count). The summed E-state index contributed by atoms with van der Waals surface area (Å²) in [4.78, 5) is 2.56. The van der Waals surface area contributed by atoms with E-state index in [4.69, 9.17) is 4.74 Å². The number of benzene rings is 11. The molecule has 0 aromatic heterocycles. The molecule has 0 saturated heterocycles. The van der Waals surface area contributed by atoms with Gasteiger partial charge >= 0.3 is 0 Å². The smallest absolute Gasteiger partial charge is 0.140 e. The van der Waals surface area contributed by atoms with Gasteiger partial charge in [-0.15, -0.1) is 0 Å². The average Bonchev–Trinajstić information content (AvgIpc) is 4.16. The van der Waals surface area contributed by atoms with E-state index in [-0.39, 0.29) is 0 Å². The van der Waals surface area contributed by atoms with E-state index >= 15 is 0 Å². The van der Waals surface area contributed by atoms with Crippen LogP contribution in [0.3, 0.4) is 0 Å². The third kappa shape index (κ3) is 5.47. The Balaban J connectivity index is 1.06. The van der Waals surface area contributed by atoms with Crippen molar-refractivity contribution < 1.29 is 4.74 Å². The number of anilines is 3. The molecule has 1 unspecified atom stereocenters. The van der Waals surface area contributed by atoms with Gasteiger partial charge < -0.3 is 9.64 Å². The summed E-state index contributed by atoms with van der Waals surface area (Å²) in [6, 6.07) is 92.2. The third-order valence-electron chi connectivity index (χ3n) is 16.6. The number of ether oxygens (including phenoxy) is 1. The van der Waals surface area contributed by atoms with Gasteiger partial charge in [0.1, 0.15) is 11.5 Å². The SMILES string of the molecule is C=Cc1ccccc1C1=C(C)C2(c3ccccc3-c3c(N(c4ccc5c(c4)C4(c6ccccc6-c6ccccc64)c4ccccc4-5)c4ccccc4-c4ccccc4)cccc32)c2ccc3ccccc3c2O1. The van der Waals surface area contributed by atoms with Gasteiger partial charge in [0, 0.05) is 33.3 Å². The van der Waals surface area contributed by atoms with Crippen LogP contribution in [0.25, 0.3) is 67.1 Å². The maximum absolute atomic E-state index is 7.37. The summed E-state index contributed by atoms with van der Waals surface area (Å²) in [5.74, 6) is 1.75. The minimum atomic E-state index is -0.714. The molecule has 0 N–H and O–H groups in total. The van der Waals surface area contributed by atoms with Gasteiger partial charge in [0.15, 0.2) is 0 Å². The number of para-hydroxylation sites is 1. The van der Waals surface area contributed by atoms with Crippen molar-refractivity contribution in [2.75, 3.05) is 4.90 Å². The first-order valence-corrected chi connectivity index (χ1v) is 25.4. The second-order valence-electron chi connectivity index (χ2n) is 19.8. The lowest BCUT2D eigenvalue weighted by molar-refractivity contribution is 0.471. The molecule has 342 valence electrons. The first-order valence-electron chi connectivity index (χ1n) is 25.4. The molecule has 11 aromatic carbocycles. The van der Waals surface area contributed by atoms with Crippen LogP contribution in [0.4, 0.5) is 17.1 Å². The van der Waals surface area contributed by atoms with E-state index in [0.717, 1.165) is 72.7 Å². The number of nitrogens with zero attached hydrogens (tertiary/aromatic N) is 1. The normalized spacial score (nSPS) is 15.7. The van der Waals surface area contributed by atoms with Gasteiger partial charge in [-0.1, -0.05) is 237 Å². The van der Waals surface area contributed by atoms with E-state index in [1.54, 1.807) is 0 Å². The third-order valence-corrected chi connectivity index (χ3v) is 16.6. The highest BCUT2D eigenvalue weighted by Crippen LogP contribution is 2.66. The summed E-state index contributed by atoms with van der Waals surface area (Å²) in [7, 11) is 0. The lowest BCUT2D eigenvalue weighted by Crippen LogP contribution is -2.33. The van der Waals surface area contributed by atoms with Crippen molar-refractivity contribution in [1.82, 2.24) is 0 Å². The number of hydrogen-bond donors (Lipinski definition) is 0. The Morgan fingerprint density at radius 1 is 0.397 bits per heavy atom. The molecule has 0 fully saturated rings. The number of rotatable bonds is 6. The first-order chi connectivity index (χ1) is 36.1. The van der Waals surface area contributed by atoms with Crippen LogP contribution in [0.2, 0.25) is 0 Å². The molecule has 3 aliphatic carbocycles. The Bertz CT molecular complexity index is 4110. The van der Waals surface area contributed by atoms with Gasteiger partial charge in [-0.2, -0.15) is 0 Å². The van der Waals surface area contributed by atoms with E-state index in [1.807, 2.05) is 6.08 Å². The highest BCUT2D eigenvalue weighted by Gasteiger charge is 2.54. The second kappa shape index (κ2) is 15.6. The van der Waals surface area contributed by atoms with E-state index in [2.05, 4.69) is 267 Å². The molecule has 1 atom stereocenters. The molecule has 2 spiro atoms. The Kier molecular flexibility index (Phi) is 8.89. The number of hydrogen-bond acceptors (Lipinski definition) is 2. The van der Waals surface area contributed by atoms with Crippen LogP contribution >= 0.6 is 0 Å². The van der Waals surface area contributed by atoms with Crippen molar-refractivity contribution in [3.63, 3.8) is 0 Å². The van der Waals surface area contributed by atoms with Crippen LogP contribution in [-0.4, -0.2) is 0 Å². The van der Waals surface area contributed by atoms with Gasteiger partial charge in [-0.3, -0.25) is 0 Å². The standard InChI is InChI=1S/C71H47NO/c1-3-46-22-7-9-27-51(46)68-45(2)70(63-43-40-48-25-8-10-28-52(48)69(63)73-68)61-36-19-14-32-57(61)67-62(70)37-21-39-66(67)72(65-38-20-15-26-50(65)47-23-5-4-6-24-47)49-41-42-56-55-31-13-18-35-60(55)71(64(56)44-49)58-33-16-11-29-53(58)54-30-12-17-34-59(54)71/h3-44H,1H2,2H3. The Labute approximate surface area is 426 Å². The molecule has 0 amide bonds. The topological polar surface area (TPSA) is 12.5 Å². The van der Waals surface area contributed by atoms with Gasteiger partial charge in [0.2, 0.25) is 0 Å². The largest absolute Gasteiger partial charge is 0.456 e. The van der Waals surface area contributed by atoms with Crippen LogP contribution in [0.15, 0.2) is 261 Å². The molecule has 0 saturated carbocycles. The Morgan fingerprint density at radius 2 is 0.932 bits per heavy atom. The summed E-state index contributed by atoms with van der Waals surface area (Å²) in [6.45, 7) is 6.57. The van der Waals surface area contributed by atoms with Gasteiger partial charge in [0.05, 0.1) is 22.2 Å². The van der Waals surface area contributed by atoms with Gasteiger partial charge in [-0.25, -0.2) is 0 Å². The van der Waals surface area contributed by atoms with Gasteiger partial charge in [0.25, 0.3) is 0 Å². The van der Waals surface area contributed by atoms with E-state index in [0.29, 0.717) is 0 Å². The van der Waals surface area contributed by atoms with E-state index in [9.17, 15) is 0 Å². The van der Waals surface area contributed by atoms with Crippen molar-refractivity contribution in [2.45, 2.75) is 17.8 Å². The lowest BCUT2D eigenvalue weighted by atomic mass is 9.65. The molecule has 2 heteroatoms. The zero-order valence-corrected chi connectivity index (χ0v) is 40.3. The summed E-state index contributed by atoms with van der Waals surface area (Å²) in [6.07, 6.45) is 1.95. The van der Waals surface area contributed by atoms with Crippen LogP contribution in [-0.2, 0) is 10.8 Å². The van der Waals surface area contributed by atoms with E-state index < -0.39 is 10.8 Å². The fraction of sp³-hybridized carbons (Fsp3) is 0.0423. The van der Waals surface area contributed by atoms with Gasteiger partial charge in [-0.05, 0) is 114 Å². The first kappa shape index (κ1) is 41.5. The molecule has 1 aliphatic heterocycles. The highest BCUT2D eigenvalue weighted by molar-refractivity contribution is 6.04. The molecule has 0 bridgehead atoms. The minimum absolute atomic E-state index is 0.510. The van der Waals surface area contributed by atoms with Crippen molar-refractivity contribution in [1.29, 1.82) is 0 Å². The van der Waals surface area contributed by atoms with Crippen LogP contribution in [0.1, 0.15) is 57.0 Å². The summed E-state index contributed by atoms with van der Waals surface area (Å²) in [5.41, 5.74) is 24.0. The minimum Gasteiger partial charge on any atom is -0.456 e. The molecule has 2 nitrogen and oxygen atoms in total.